The van der Waals surface area contributed by atoms with Crippen molar-refractivity contribution < 1.29 is 14.6 Å². The third-order valence-corrected chi connectivity index (χ3v) is 4.63. The molecule has 0 atom stereocenters. The van der Waals surface area contributed by atoms with Gasteiger partial charge < -0.3 is 20.1 Å². The number of rotatable bonds is 7. The summed E-state index contributed by atoms with van der Waals surface area (Å²) in [5.74, 6) is 0.143. The van der Waals surface area contributed by atoms with Crippen LogP contribution in [0.5, 0.6) is 0 Å². The van der Waals surface area contributed by atoms with Crippen LogP contribution in [0.25, 0.3) is 0 Å². The number of nitrogens with zero attached hydrogens (tertiary/aromatic N) is 1. The van der Waals surface area contributed by atoms with E-state index in [4.69, 9.17) is 4.74 Å². The molecule has 2 rings (SSSR count). The van der Waals surface area contributed by atoms with Crippen LogP contribution in [0.4, 0.5) is 0 Å². The van der Waals surface area contributed by atoms with Crippen LogP contribution >= 0.6 is 0 Å². The Labute approximate surface area is 128 Å². The van der Waals surface area contributed by atoms with Gasteiger partial charge in [-0.15, -0.1) is 0 Å². The summed E-state index contributed by atoms with van der Waals surface area (Å²) in [6.45, 7) is 3.06. The standard InChI is InChI=1S/C16H30N2O3/c19-12-11-18(14-4-2-1-3-5-14)16(20)8-13-21-15-6-9-17-10-7-15/h14-15,17,19H,1-13H2. The highest BCUT2D eigenvalue weighted by Crippen LogP contribution is 2.23. The first-order valence-electron chi connectivity index (χ1n) is 8.54. The zero-order valence-corrected chi connectivity index (χ0v) is 13.1. The molecule has 2 fully saturated rings. The smallest absolute Gasteiger partial charge is 0.225 e. The molecule has 0 aromatic rings. The molecule has 1 saturated carbocycles. The summed E-state index contributed by atoms with van der Waals surface area (Å²) in [5, 5.41) is 12.5. The Kier molecular flexibility index (Phi) is 7.47. The lowest BCUT2D eigenvalue weighted by Crippen LogP contribution is -2.43. The zero-order chi connectivity index (χ0) is 14.9. The maximum Gasteiger partial charge on any atom is 0.225 e. The van der Waals surface area contributed by atoms with Gasteiger partial charge in [0.05, 0.1) is 25.7 Å². The fraction of sp³-hybridized carbons (Fsp3) is 0.938. The fourth-order valence-corrected chi connectivity index (χ4v) is 3.43. The predicted molar refractivity (Wildman–Crippen MR) is 82.1 cm³/mol. The largest absolute Gasteiger partial charge is 0.395 e. The van der Waals surface area contributed by atoms with Crippen LogP contribution in [0.15, 0.2) is 0 Å². The van der Waals surface area contributed by atoms with E-state index in [1.165, 1.54) is 19.3 Å². The topological polar surface area (TPSA) is 61.8 Å². The lowest BCUT2D eigenvalue weighted by molar-refractivity contribution is -0.136. The Bertz CT molecular complexity index is 300. The summed E-state index contributed by atoms with van der Waals surface area (Å²) in [4.78, 5) is 14.3. The van der Waals surface area contributed by atoms with E-state index in [1.54, 1.807) is 0 Å². The van der Waals surface area contributed by atoms with Gasteiger partial charge in [0.1, 0.15) is 0 Å². The summed E-state index contributed by atoms with van der Waals surface area (Å²) < 4.78 is 5.82. The molecule has 0 aromatic carbocycles. The van der Waals surface area contributed by atoms with Gasteiger partial charge >= 0.3 is 0 Å². The molecule has 1 aliphatic heterocycles. The molecule has 122 valence electrons. The molecular weight excluding hydrogens is 268 g/mol. The highest BCUT2D eigenvalue weighted by Gasteiger charge is 2.25. The molecule has 1 aliphatic carbocycles. The lowest BCUT2D eigenvalue weighted by Gasteiger charge is -2.34. The van der Waals surface area contributed by atoms with E-state index in [1.807, 2.05) is 4.90 Å². The molecule has 1 saturated heterocycles. The second-order valence-electron chi connectivity index (χ2n) is 6.17. The van der Waals surface area contributed by atoms with Gasteiger partial charge in [-0.25, -0.2) is 0 Å². The van der Waals surface area contributed by atoms with Gasteiger partial charge in [0, 0.05) is 12.6 Å². The number of carbonyl (C=O) groups is 1. The van der Waals surface area contributed by atoms with Crippen molar-refractivity contribution in [2.75, 3.05) is 32.8 Å². The van der Waals surface area contributed by atoms with Crippen LogP contribution in [0.1, 0.15) is 51.4 Å². The van der Waals surface area contributed by atoms with Crippen molar-refractivity contribution in [3.63, 3.8) is 0 Å². The van der Waals surface area contributed by atoms with Gasteiger partial charge in [0.25, 0.3) is 0 Å². The first-order chi connectivity index (χ1) is 10.3. The fourth-order valence-electron chi connectivity index (χ4n) is 3.43. The second kappa shape index (κ2) is 9.38. The van der Waals surface area contributed by atoms with Crippen molar-refractivity contribution >= 4 is 5.91 Å². The summed E-state index contributed by atoms with van der Waals surface area (Å²) in [6, 6.07) is 0.331. The minimum absolute atomic E-state index is 0.0530. The van der Waals surface area contributed by atoms with Gasteiger partial charge in [-0.2, -0.15) is 0 Å². The number of ether oxygens (including phenoxy) is 1. The van der Waals surface area contributed by atoms with Crippen molar-refractivity contribution in [2.45, 2.75) is 63.5 Å². The van der Waals surface area contributed by atoms with E-state index in [-0.39, 0.29) is 12.5 Å². The highest BCUT2D eigenvalue weighted by atomic mass is 16.5. The monoisotopic (exact) mass is 298 g/mol. The third kappa shape index (κ3) is 5.57. The molecule has 0 aromatic heterocycles. The number of amides is 1. The number of hydrogen-bond donors (Lipinski definition) is 2. The average Bonchev–Trinajstić information content (AvgIpc) is 2.54. The quantitative estimate of drug-likeness (QED) is 0.744. The molecule has 21 heavy (non-hydrogen) atoms. The molecule has 0 radical (unpaired) electrons. The molecule has 0 bridgehead atoms. The van der Waals surface area contributed by atoms with E-state index in [0.717, 1.165) is 38.8 Å². The van der Waals surface area contributed by atoms with E-state index < -0.39 is 0 Å². The summed E-state index contributed by atoms with van der Waals surface area (Å²) >= 11 is 0. The van der Waals surface area contributed by atoms with Gasteiger partial charge in [0.15, 0.2) is 0 Å². The first-order valence-corrected chi connectivity index (χ1v) is 8.54. The number of hydrogen-bond acceptors (Lipinski definition) is 4. The molecule has 1 amide bonds. The molecule has 2 N–H and O–H groups in total. The van der Waals surface area contributed by atoms with Crippen LogP contribution in [0.2, 0.25) is 0 Å². The number of piperidine rings is 1. The summed E-state index contributed by atoms with van der Waals surface area (Å²) in [7, 11) is 0. The molecule has 5 heteroatoms. The normalized spacial score (nSPS) is 21.4. The van der Waals surface area contributed by atoms with E-state index in [2.05, 4.69) is 5.32 Å². The molecule has 5 nitrogen and oxygen atoms in total. The Morgan fingerprint density at radius 2 is 1.86 bits per heavy atom. The minimum Gasteiger partial charge on any atom is -0.395 e. The summed E-state index contributed by atoms with van der Waals surface area (Å²) in [5.41, 5.74) is 0. The van der Waals surface area contributed by atoms with Crippen LogP contribution in [-0.2, 0) is 9.53 Å². The van der Waals surface area contributed by atoms with Crippen molar-refractivity contribution in [1.29, 1.82) is 0 Å². The predicted octanol–water partition coefficient (Wildman–Crippen LogP) is 1.30. The molecular formula is C16H30N2O3. The molecule has 1 heterocycles. The maximum atomic E-state index is 12.4. The number of nitrogens with one attached hydrogen (secondary N) is 1. The van der Waals surface area contributed by atoms with E-state index in [0.29, 0.717) is 31.7 Å². The maximum absolute atomic E-state index is 12.4. The average molecular weight is 298 g/mol. The van der Waals surface area contributed by atoms with E-state index >= 15 is 0 Å². The zero-order valence-electron chi connectivity index (χ0n) is 13.1. The molecule has 0 spiro atoms. The number of aliphatic hydroxyl groups is 1. The van der Waals surface area contributed by atoms with Crippen molar-refractivity contribution in [1.82, 2.24) is 10.2 Å². The SMILES string of the molecule is O=C(CCOC1CCNCC1)N(CCO)C1CCCCC1. The van der Waals surface area contributed by atoms with Crippen molar-refractivity contribution in [3.8, 4) is 0 Å². The van der Waals surface area contributed by atoms with Crippen molar-refractivity contribution in [3.05, 3.63) is 0 Å². The Balaban J connectivity index is 1.72. The highest BCUT2D eigenvalue weighted by molar-refractivity contribution is 5.76. The van der Waals surface area contributed by atoms with Gasteiger partial charge in [-0.3, -0.25) is 4.79 Å². The van der Waals surface area contributed by atoms with Gasteiger partial charge in [0.2, 0.25) is 5.91 Å². The van der Waals surface area contributed by atoms with Crippen LogP contribution in [0, 0.1) is 0 Å². The molecule has 0 unspecified atom stereocenters. The Morgan fingerprint density at radius 3 is 2.52 bits per heavy atom. The van der Waals surface area contributed by atoms with Gasteiger partial charge in [-0.05, 0) is 38.8 Å². The first kappa shape index (κ1) is 16.7. The number of aliphatic hydroxyl groups excluding tert-OH is 1. The van der Waals surface area contributed by atoms with Crippen LogP contribution < -0.4 is 5.32 Å². The van der Waals surface area contributed by atoms with Crippen molar-refractivity contribution in [2.24, 2.45) is 0 Å². The molecule has 2 aliphatic rings. The van der Waals surface area contributed by atoms with Gasteiger partial charge in [-0.1, -0.05) is 19.3 Å². The third-order valence-electron chi connectivity index (χ3n) is 4.63. The van der Waals surface area contributed by atoms with E-state index in [9.17, 15) is 9.90 Å². The Morgan fingerprint density at radius 1 is 1.14 bits per heavy atom. The second-order valence-corrected chi connectivity index (χ2v) is 6.17. The van der Waals surface area contributed by atoms with Crippen LogP contribution in [-0.4, -0.2) is 60.9 Å². The minimum atomic E-state index is 0.0530. The number of carbonyl (C=O) groups excluding carboxylic acids is 1. The van der Waals surface area contributed by atoms with Crippen LogP contribution in [0.3, 0.4) is 0 Å². The summed E-state index contributed by atoms with van der Waals surface area (Å²) in [6.07, 6.45) is 8.67. The lowest BCUT2D eigenvalue weighted by atomic mass is 9.94. The Hall–Kier alpha value is -0.650.